The summed E-state index contributed by atoms with van der Waals surface area (Å²) in [5.41, 5.74) is 5.54. The molecule has 0 spiro atoms. The van der Waals surface area contributed by atoms with Crippen LogP contribution in [0.4, 0.5) is 5.69 Å². The van der Waals surface area contributed by atoms with Crippen molar-refractivity contribution in [2.45, 2.75) is 20.4 Å². The van der Waals surface area contributed by atoms with Gasteiger partial charge < -0.3 is 10.1 Å². The van der Waals surface area contributed by atoms with Crippen LogP contribution in [0.15, 0.2) is 54.6 Å². The van der Waals surface area contributed by atoms with Crippen LogP contribution in [0.5, 0.6) is 5.75 Å². The van der Waals surface area contributed by atoms with Gasteiger partial charge in [-0.25, -0.2) is 4.68 Å². The summed E-state index contributed by atoms with van der Waals surface area (Å²) in [7, 11) is 1.68. The highest BCUT2D eigenvalue weighted by Crippen LogP contribution is 2.21. The Morgan fingerprint density at radius 2 is 1.83 bits per heavy atom. The van der Waals surface area contributed by atoms with Crippen molar-refractivity contribution < 1.29 is 4.74 Å². The number of nitrogens with zero attached hydrogens (tertiary/aromatic N) is 2. The number of rotatable bonds is 5. The monoisotopic (exact) mass is 307 g/mol. The molecule has 0 saturated heterocycles. The minimum atomic E-state index is 0.734. The second kappa shape index (κ2) is 6.57. The van der Waals surface area contributed by atoms with Crippen LogP contribution in [0.3, 0.4) is 0 Å². The van der Waals surface area contributed by atoms with Crippen LogP contribution >= 0.6 is 0 Å². The predicted octanol–water partition coefficient (Wildman–Crippen LogP) is 4.11. The average Bonchev–Trinajstić information content (AvgIpc) is 2.88. The molecule has 4 nitrogen and oxygen atoms in total. The number of hydrogen-bond acceptors (Lipinski definition) is 3. The van der Waals surface area contributed by atoms with E-state index in [4.69, 9.17) is 4.74 Å². The molecule has 3 rings (SSSR count). The van der Waals surface area contributed by atoms with Crippen LogP contribution in [0.2, 0.25) is 0 Å². The van der Waals surface area contributed by atoms with Gasteiger partial charge in [0, 0.05) is 29.6 Å². The van der Waals surface area contributed by atoms with Crippen molar-refractivity contribution in [2.24, 2.45) is 0 Å². The molecule has 0 radical (unpaired) electrons. The zero-order valence-corrected chi connectivity index (χ0v) is 13.7. The van der Waals surface area contributed by atoms with E-state index in [-0.39, 0.29) is 0 Å². The van der Waals surface area contributed by atoms with E-state index in [0.29, 0.717) is 0 Å². The van der Waals surface area contributed by atoms with Crippen LogP contribution in [0, 0.1) is 13.8 Å². The summed E-state index contributed by atoms with van der Waals surface area (Å²) < 4.78 is 7.26. The molecule has 0 fully saturated rings. The molecule has 0 saturated carbocycles. The van der Waals surface area contributed by atoms with Gasteiger partial charge in [0.1, 0.15) is 5.75 Å². The van der Waals surface area contributed by atoms with Gasteiger partial charge in [-0.15, -0.1) is 0 Å². The highest BCUT2D eigenvalue weighted by atomic mass is 16.5. The molecule has 0 bridgehead atoms. The lowest BCUT2D eigenvalue weighted by molar-refractivity contribution is 0.415. The van der Waals surface area contributed by atoms with E-state index in [9.17, 15) is 0 Å². The van der Waals surface area contributed by atoms with Crippen molar-refractivity contribution in [3.63, 3.8) is 0 Å². The molecule has 1 heterocycles. The SMILES string of the molecule is COc1cccc(NCc2c(C)nn(-c3ccccc3)c2C)c1. The molecule has 0 aliphatic rings. The molecule has 0 atom stereocenters. The maximum atomic E-state index is 5.26. The number of anilines is 1. The third-order valence-electron chi connectivity index (χ3n) is 3.98. The average molecular weight is 307 g/mol. The smallest absolute Gasteiger partial charge is 0.120 e. The molecule has 3 aromatic rings. The fourth-order valence-corrected chi connectivity index (χ4v) is 2.67. The van der Waals surface area contributed by atoms with Crippen molar-refractivity contribution in [1.29, 1.82) is 0 Å². The van der Waals surface area contributed by atoms with E-state index in [1.807, 2.05) is 47.1 Å². The Labute approximate surface area is 136 Å². The maximum Gasteiger partial charge on any atom is 0.120 e. The molecule has 0 amide bonds. The van der Waals surface area contributed by atoms with Gasteiger partial charge in [-0.1, -0.05) is 24.3 Å². The Morgan fingerprint density at radius 3 is 2.57 bits per heavy atom. The number of para-hydroxylation sites is 1. The Balaban J connectivity index is 1.82. The van der Waals surface area contributed by atoms with E-state index in [1.165, 1.54) is 5.56 Å². The second-order valence-electron chi connectivity index (χ2n) is 5.48. The molecule has 0 aliphatic carbocycles. The molecular formula is C19H21N3O. The molecule has 1 N–H and O–H groups in total. The van der Waals surface area contributed by atoms with Gasteiger partial charge in [-0.2, -0.15) is 5.10 Å². The van der Waals surface area contributed by atoms with Crippen LogP contribution in [-0.2, 0) is 6.54 Å². The van der Waals surface area contributed by atoms with E-state index >= 15 is 0 Å². The Morgan fingerprint density at radius 1 is 1.04 bits per heavy atom. The van der Waals surface area contributed by atoms with Crippen LogP contribution in [-0.4, -0.2) is 16.9 Å². The first kappa shape index (κ1) is 15.2. The first-order chi connectivity index (χ1) is 11.2. The summed E-state index contributed by atoms with van der Waals surface area (Å²) in [5, 5.41) is 8.13. The minimum Gasteiger partial charge on any atom is -0.497 e. The normalized spacial score (nSPS) is 10.6. The van der Waals surface area contributed by atoms with Gasteiger partial charge in [0.05, 0.1) is 18.5 Å². The van der Waals surface area contributed by atoms with E-state index in [1.54, 1.807) is 7.11 Å². The van der Waals surface area contributed by atoms with Crippen molar-refractivity contribution in [2.75, 3.05) is 12.4 Å². The molecule has 23 heavy (non-hydrogen) atoms. The number of hydrogen-bond donors (Lipinski definition) is 1. The summed E-state index contributed by atoms with van der Waals surface area (Å²) in [6, 6.07) is 18.2. The molecule has 118 valence electrons. The van der Waals surface area contributed by atoms with Gasteiger partial charge in [0.2, 0.25) is 0 Å². The fraction of sp³-hybridized carbons (Fsp3) is 0.211. The molecule has 4 heteroatoms. The lowest BCUT2D eigenvalue weighted by Gasteiger charge is -2.09. The predicted molar refractivity (Wildman–Crippen MR) is 93.4 cm³/mol. The van der Waals surface area contributed by atoms with Gasteiger partial charge >= 0.3 is 0 Å². The van der Waals surface area contributed by atoms with Crippen LogP contribution < -0.4 is 10.1 Å². The number of nitrogens with one attached hydrogen (secondary N) is 1. The summed E-state index contributed by atoms with van der Waals surface area (Å²) >= 11 is 0. The van der Waals surface area contributed by atoms with Crippen LogP contribution in [0.25, 0.3) is 5.69 Å². The van der Waals surface area contributed by atoms with Crippen molar-refractivity contribution in [3.8, 4) is 11.4 Å². The second-order valence-corrected chi connectivity index (χ2v) is 5.48. The molecular weight excluding hydrogens is 286 g/mol. The summed E-state index contributed by atoms with van der Waals surface area (Å²) in [5.74, 6) is 0.850. The van der Waals surface area contributed by atoms with E-state index < -0.39 is 0 Å². The summed E-state index contributed by atoms with van der Waals surface area (Å²) in [6.45, 7) is 4.89. The highest BCUT2D eigenvalue weighted by molar-refractivity contribution is 5.49. The van der Waals surface area contributed by atoms with E-state index in [2.05, 4.69) is 36.4 Å². The molecule has 0 unspecified atom stereocenters. The van der Waals surface area contributed by atoms with Gasteiger partial charge in [0.25, 0.3) is 0 Å². The Kier molecular flexibility index (Phi) is 4.33. The largest absolute Gasteiger partial charge is 0.497 e. The van der Waals surface area contributed by atoms with Crippen molar-refractivity contribution in [3.05, 3.63) is 71.5 Å². The molecule has 1 aromatic heterocycles. The number of aromatic nitrogens is 2. The third kappa shape index (κ3) is 3.21. The van der Waals surface area contributed by atoms with Crippen molar-refractivity contribution in [1.82, 2.24) is 9.78 Å². The summed E-state index contributed by atoms with van der Waals surface area (Å²) in [4.78, 5) is 0. The molecule has 2 aromatic carbocycles. The lowest BCUT2D eigenvalue weighted by atomic mass is 10.2. The number of ether oxygens (including phenoxy) is 1. The Bertz CT molecular complexity index is 794. The molecule has 0 aliphatic heterocycles. The van der Waals surface area contributed by atoms with Gasteiger partial charge in [0.15, 0.2) is 0 Å². The lowest BCUT2D eigenvalue weighted by Crippen LogP contribution is -2.03. The van der Waals surface area contributed by atoms with Crippen LogP contribution in [0.1, 0.15) is 17.0 Å². The number of methoxy groups -OCH3 is 1. The zero-order chi connectivity index (χ0) is 16.2. The quantitative estimate of drug-likeness (QED) is 0.771. The Hall–Kier alpha value is -2.75. The van der Waals surface area contributed by atoms with Gasteiger partial charge in [-0.05, 0) is 38.1 Å². The van der Waals surface area contributed by atoms with Gasteiger partial charge in [-0.3, -0.25) is 0 Å². The standard InChI is InChI=1S/C19H21N3O/c1-14-19(13-20-16-8-7-11-18(12-16)23-3)15(2)22(21-14)17-9-5-4-6-10-17/h4-12,20H,13H2,1-3H3. The fourth-order valence-electron chi connectivity index (χ4n) is 2.67. The number of aryl methyl sites for hydroxylation is 1. The van der Waals surface area contributed by atoms with E-state index in [0.717, 1.165) is 35.1 Å². The minimum absolute atomic E-state index is 0.734. The maximum absolute atomic E-state index is 5.26. The topological polar surface area (TPSA) is 39.1 Å². The third-order valence-corrected chi connectivity index (χ3v) is 3.98. The highest BCUT2D eigenvalue weighted by Gasteiger charge is 2.12. The number of benzene rings is 2. The first-order valence-electron chi connectivity index (χ1n) is 7.67. The zero-order valence-electron chi connectivity index (χ0n) is 13.7. The summed E-state index contributed by atoms with van der Waals surface area (Å²) in [6.07, 6.45) is 0. The first-order valence-corrected chi connectivity index (χ1v) is 7.67. The van der Waals surface area contributed by atoms with Crippen molar-refractivity contribution >= 4 is 5.69 Å².